The van der Waals surface area contributed by atoms with Gasteiger partial charge in [0.2, 0.25) is 0 Å². The molecule has 0 aliphatic rings. The number of aliphatic hydroxyl groups excluding tert-OH is 4. The maximum absolute atomic E-state index is 8.11. The average molecular weight is 812 g/mol. The molecule has 0 aromatic heterocycles. The molecule has 0 bridgehead atoms. The van der Waals surface area contributed by atoms with E-state index in [-0.39, 0.29) is 25.9 Å². The summed E-state index contributed by atoms with van der Waals surface area (Å²) in [6, 6.07) is 0. The summed E-state index contributed by atoms with van der Waals surface area (Å²) in [5.41, 5.74) is 0. The Morgan fingerprint density at radius 3 is 0.607 bits per heavy atom. The van der Waals surface area contributed by atoms with E-state index in [4.69, 9.17) is 60.1 Å². The number of hydrogen-bond acceptors (Lipinski definition) is 8. The Labute approximate surface area is 189 Å². The monoisotopic (exact) mass is 814 g/mol. The van der Waals surface area contributed by atoms with Crippen molar-refractivity contribution < 1.29 is 66.8 Å². The third-order valence-electron chi connectivity index (χ3n) is 2.21. The molecule has 8 N–H and O–H groups in total. The van der Waals surface area contributed by atoms with Gasteiger partial charge in [0.15, 0.2) is 25.2 Å². The van der Waals surface area contributed by atoms with Crippen LogP contribution in [0.1, 0.15) is 79.1 Å². The Kier molecular flexibility index (Phi) is 55.7. The van der Waals surface area contributed by atoms with Gasteiger partial charge in [-0.2, -0.15) is 0 Å². The number of aliphatic hydroxyl groups is 8. The van der Waals surface area contributed by atoms with E-state index in [1.807, 2.05) is 27.7 Å². The van der Waals surface area contributed by atoms with E-state index in [1.54, 1.807) is 0 Å². The maximum atomic E-state index is 8.11. The Morgan fingerprint density at radius 2 is 0.607 bits per heavy atom. The SMILES string of the molecule is CCCC(O)O.CCCC(O)O.CCCC(O)O.CCCC(O)O.[Cl][Os]#[Os][Cl]. The van der Waals surface area contributed by atoms with E-state index >= 15 is 0 Å². The predicted molar refractivity (Wildman–Crippen MR) is 104 cm³/mol. The number of hydrogen-bond donors (Lipinski definition) is 8. The van der Waals surface area contributed by atoms with Crippen molar-refractivity contribution in [3.63, 3.8) is 0 Å². The summed E-state index contributed by atoms with van der Waals surface area (Å²) in [5.74, 6) is 0. The van der Waals surface area contributed by atoms with Crippen LogP contribution in [0, 0.1) is 0 Å². The Hall–Kier alpha value is 1.53. The zero-order valence-corrected chi connectivity index (χ0v) is 23.6. The summed E-state index contributed by atoms with van der Waals surface area (Å²) >= 11 is -0.398. The fourth-order valence-corrected chi connectivity index (χ4v) is 1.03. The minimum absolute atomic E-state index is 0.199. The summed E-state index contributed by atoms with van der Waals surface area (Å²) in [6.45, 7) is 7.61. The molecule has 182 valence electrons. The molecule has 0 aliphatic carbocycles. The van der Waals surface area contributed by atoms with Gasteiger partial charge in [-0.05, 0) is 25.7 Å². The van der Waals surface area contributed by atoms with Gasteiger partial charge in [-0.25, -0.2) is 0 Å². The van der Waals surface area contributed by atoms with Gasteiger partial charge in [-0.1, -0.05) is 53.4 Å². The topological polar surface area (TPSA) is 162 Å². The quantitative estimate of drug-likeness (QED) is 0.172. The van der Waals surface area contributed by atoms with E-state index < -0.39 is 25.2 Å². The van der Waals surface area contributed by atoms with Gasteiger partial charge in [-0.3, -0.25) is 0 Å². The molecule has 0 fully saturated rings. The summed E-state index contributed by atoms with van der Waals surface area (Å²) in [5, 5.41) is 64.9. The predicted octanol–water partition coefficient (Wildman–Crippen LogP) is 1.76. The molecular formula is C16H40Cl2O8Os2. The Bertz CT molecular complexity index is 256. The first kappa shape index (κ1) is 39.9. The molecule has 28 heavy (non-hydrogen) atoms. The summed E-state index contributed by atoms with van der Waals surface area (Å²) < 4.78 is 0. The molecule has 12 heteroatoms. The standard InChI is InChI=1S/4C4H10O2.2ClH.2Os/c4*1-2-3-4(5)6;;;;/h4*4-6H,2-3H2,1H3;2*1H;;/q;;;;;;2*+1/p-2. The van der Waals surface area contributed by atoms with Crippen molar-refractivity contribution in [1.29, 1.82) is 0 Å². The van der Waals surface area contributed by atoms with Crippen LogP contribution < -0.4 is 0 Å². The summed E-state index contributed by atoms with van der Waals surface area (Å²) in [6.07, 6.45) is 0.861. The molecule has 0 spiro atoms. The molecular weight excluding hydrogens is 772 g/mol. The van der Waals surface area contributed by atoms with E-state index in [1.165, 1.54) is 0 Å². The molecule has 0 radical (unpaired) electrons. The van der Waals surface area contributed by atoms with Crippen molar-refractivity contribution in [3.8, 4) is 0 Å². The van der Waals surface area contributed by atoms with Crippen molar-refractivity contribution >= 4 is 19.3 Å². The molecule has 0 saturated carbocycles. The van der Waals surface area contributed by atoms with Gasteiger partial charge in [0.25, 0.3) is 0 Å². The molecule has 0 atom stereocenters. The minimum atomic E-state index is -1.10. The molecule has 0 aromatic rings. The third kappa shape index (κ3) is 91.8. The van der Waals surface area contributed by atoms with E-state index in [0.717, 1.165) is 25.7 Å². The van der Waals surface area contributed by atoms with Crippen LogP contribution in [0.25, 0.3) is 0 Å². The van der Waals surface area contributed by atoms with Crippen molar-refractivity contribution in [2.45, 2.75) is 104 Å². The van der Waals surface area contributed by atoms with Gasteiger partial charge in [0.1, 0.15) is 0 Å². The van der Waals surface area contributed by atoms with Crippen LogP contribution in [0.2, 0.25) is 0 Å². The van der Waals surface area contributed by atoms with E-state index in [9.17, 15) is 0 Å². The van der Waals surface area contributed by atoms with Crippen LogP contribution in [0.5, 0.6) is 0 Å². The Morgan fingerprint density at radius 1 is 0.464 bits per heavy atom. The van der Waals surface area contributed by atoms with Gasteiger partial charge < -0.3 is 40.9 Å². The fourth-order valence-electron chi connectivity index (χ4n) is 1.03. The molecule has 0 amide bonds. The zero-order valence-electron chi connectivity index (χ0n) is 17.0. The average Bonchev–Trinajstić information content (AvgIpc) is 2.56. The fraction of sp³-hybridized carbons (Fsp3) is 1.00. The van der Waals surface area contributed by atoms with Gasteiger partial charge in [0.05, 0.1) is 0 Å². The Balaban J connectivity index is -0.0000000793. The third-order valence-corrected chi connectivity index (χ3v) is 13.0. The van der Waals surface area contributed by atoms with Crippen molar-refractivity contribution in [1.82, 2.24) is 0 Å². The first-order chi connectivity index (χ1) is 13.0. The first-order valence-corrected chi connectivity index (χ1v) is 23.5. The van der Waals surface area contributed by atoms with Crippen LogP contribution in [0.4, 0.5) is 0 Å². The van der Waals surface area contributed by atoms with E-state index in [2.05, 4.69) is 0 Å². The number of rotatable bonds is 8. The van der Waals surface area contributed by atoms with Gasteiger partial charge in [0, 0.05) is 0 Å². The second-order valence-electron chi connectivity index (χ2n) is 5.17. The van der Waals surface area contributed by atoms with Crippen LogP contribution in [-0.2, 0) is 25.9 Å². The normalized spacial score (nSPS) is 9.64. The second-order valence-corrected chi connectivity index (χ2v) is 24.1. The van der Waals surface area contributed by atoms with Gasteiger partial charge >= 0.3 is 45.2 Å². The molecule has 0 aromatic carbocycles. The van der Waals surface area contributed by atoms with Crippen LogP contribution in [0.15, 0.2) is 0 Å². The van der Waals surface area contributed by atoms with Crippen molar-refractivity contribution in [3.05, 3.63) is 0 Å². The molecule has 0 aliphatic heterocycles. The molecule has 0 saturated heterocycles. The molecule has 8 nitrogen and oxygen atoms in total. The van der Waals surface area contributed by atoms with Crippen molar-refractivity contribution in [2.75, 3.05) is 0 Å². The van der Waals surface area contributed by atoms with Crippen LogP contribution >= 0.6 is 19.3 Å². The molecule has 0 heterocycles. The van der Waals surface area contributed by atoms with Crippen molar-refractivity contribution in [2.24, 2.45) is 0 Å². The summed E-state index contributed by atoms with van der Waals surface area (Å²) in [7, 11) is 10.5. The second kappa shape index (κ2) is 39.1. The van der Waals surface area contributed by atoms with Crippen LogP contribution in [0.3, 0.4) is 0 Å². The first-order valence-electron chi connectivity index (χ1n) is 8.92. The molecule has 0 unspecified atom stereocenters. The molecule has 0 rings (SSSR count). The summed E-state index contributed by atoms with van der Waals surface area (Å²) in [4.78, 5) is 0. The van der Waals surface area contributed by atoms with Gasteiger partial charge in [-0.15, -0.1) is 0 Å². The number of halogens is 2. The zero-order chi connectivity index (χ0) is 23.4. The van der Waals surface area contributed by atoms with Crippen LogP contribution in [-0.4, -0.2) is 66.0 Å². The van der Waals surface area contributed by atoms with E-state index in [0.29, 0.717) is 25.7 Å².